The van der Waals surface area contributed by atoms with E-state index in [-0.39, 0.29) is 42.0 Å². The van der Waals surface area contributed by atoms with E-state index in [1.807, 2.05) is 32.1 Å². The number of aromatic nitrogens is 3. The van der Waals surface area contributed by atoms with Gasteiger partial charge in [-0.3, -0.25) is 19.3 Å². The molecule has 3 atom stereocenters. The van der Waals surface area contributed by atoms with Crippen molar-refractivity contribution >= 4 is 17.7 Å². The van der Waals surface area contributed by atoms with Crippen LogP contribution in [0.25, 0.3) is 5.82 Å². The fraction of sp³-hybridized carbons (Fsp3) is 0.435. The molecule has 1 N–H and O–H groups in total. The number of nitrogens with zero attached hydrogens (tertiary/aromatic N) is 4. The summed E-state index contributed by atoms with van der Waals surface area (Å²) in [5.41, 5.74) is 0.791. The molecule has 1 saturated heterocycles. The number of imide groups is 1. The van der Waals surface area contributed by atoms with E-state index in [1.54, 1.807) is 35.4 Å². The SMILES string of the molecule is CC(C)C[C@@H](C(=O)NCc1cccnc1-n1cccn1)N1C(=O)[C@H]2CC=CC[C@H]2C1=O. The zero-order valence-electron chi connectivity index (χ0n) is 17.8. The first-order valence-corrected chi connectivity index (χ1v) is 10.7. The van der Waals surface area contributed by atoms with E-state index in [2.05, 4.69) is 15.4 Å². The first kappa shape index (κ1) is 21.0. The first-order chi connectivity index (χ1) is 15.0. The van der Waals surface area contributed by atoms with Gasteiger partial charge in [0, 0.05) is 30.7 Å². The topological polar surface area (TPSA) is 97.2 Å². The Bertz CT molecular complexity index is 972. The van der Waals surface area contributed by atoms with Gasteiger partial charge in [0.25, 0.3) is 0 Å². The Morgan fingerprint density at radius 1 is 1.13 bits per heavy atom. The number of nitrogens with one attached hydrogen (secondary N) is 1. The molecule has 4 rings (SSSR count). The van der Waals surface area contributed by atoms with Crippen molar-refractivity contribution in [3.8, 4) is 5.82 Å². The molecule has 3 heterocycles. The number of amides is 3. The molecule has 2 aromatic rings. The molecule has 8 heteroatoms. The molecule has 1 fully saturated rings. The summed E-state index contributed by atoms with van der Waals surface area (Å²) in [5, 5.41) is 7.14. The molecule has 0 radical (unpaired) electrons. The number of pyridine rings is 1. The van der Waals surface area contributed by atoms with Gasteiger partial charge >= 0.3 is 0 Å². The minimum absolute atomic E-state index is 0.148. The Labute approximate surface area is 181 Å². The third-order valence-corrected chi connectivity index (χ3v) is 5.89. The first-order valence-electron chi connectivity index (χ1n) is 10.7. The van der Waals surface area contributed by atoms with E-state index in [0.29, 0.717) is 25.1 Å². The van der Waals surface area contributed by atoms with Crippen molar-refractivity contribution in [1.82, 2.24) is 25.0 Å². The summed E-state index contributed by atoms with van der Waals surface area (Å²) in [6.07, 6.45) is 10.6. The summed E-state index contributed by atoms with van der Waals surface area (Å²) in [7, 11) is 0. The number of likely N-dealkylation sites (tertiary alicyclic amines) is 1. The maximum absolute atomic E-state index is 13.2. The van der Waals surface area contributed by atoms with Crippen molar-refractivity contribution in [3.05, 3.63) is 54.5 Å². The summed E-state index contributed by atoms with van der Waals surface area (Å²) < 4.78 is 1.64. The molecule has 8 nitrogen and oxygen atoms in total. The second-order valence-corrected chi connectivity index (χ2v) is 8.50. The van der Waals surface area contributed by atoms with Crippen LogP contribution in [0.5, 0.6) is 0 Å². The monoisotopic (exact) mass is 421 g/mol. The molecule has 0 aromatic carbocycles. The molecule has 0 saturated carbocycles. The van der Waals surface area contributed by atoms with Gasteiger partial charge in [-0.25, -0.2) is 9.67 Å². The summed E-state index contributed by atoms with van der Waals surface area (Å²) in [5.74, 6) is -0.682. The number of carbonyl (C=O) groups is 3. The average Bonchev–Trinajstić information content (AvgIpc) is 3.39. The van der Waals surface area contributed by atoms with Crippen molar-refractivity contribution in [1.29, 1.82) is 0 Å². The summed E-state index contributed by atoms with van der Waals surface area (Å²) >= 11 is 0. The Morgan fingerprint density at radius 3 is 2.45 bits per heavy atom. The molecule has 2 aromatic heterocycles. The fourth-order valence-corrected chi connectivity index (χ4v) is 4.38. The van der Waals surface area contributed by atoms with Crippen LogP contribution in [0.4, 0.5) is 0 Å². The molecule has 1 aliphatic carbocycles. The lowest BCUT2D eigenvalue weighted by atomic mass is 9.85. The van der Waals surface area contributed by atoms with E-state index >= 15 is 0 Å². The number of fused-ring (bicyclic) bond motifs is 1. The second-order valence-electron chi connectivity index (χ2n) is 8.50. The highest BCUT2D eigenvalue weighted by atomic mass is 16.2. The van der Waals surface area contributed by atoms with Crippen LogP contribution >= 0.6 is 0 Å². The highest BCUT2D eigenvalue weighted by molar-refractivity contribution is 6.08. The summed E-state index contributed by atoms with van der Waals surface area (Å²) in [6, 6.07) is 4.66. The standard InChI is InChI=1S/C23H27N5O3/c1-15(2)13-19(28-22(30)17-8-3-4-9-18(17)23(28)31)21(29)25-14-16-7-5-10-24-20(16)27-12-6-11-26-27/h3-7,10-12,15,17-19H,8-9,13-14H2,1-2H3,(H,25,29)/t17-,18+,19-/m0/s1. The van der Waals surface area contributed by atoms with E-state index < -0.39 is 6.04 Å². The third kappa shape index (κ3) is 4.15. The largest absolute Gasteiger partial charge is 0.350 e. The van der Waals surface area contributed by atoms with Gasteiger partial charge in [0.15, 0.2) is 5.82 Å². The molecule has 0 bridgehead atoms. The lowest BCUT2D eigenvalue weighted by Crippen LogP contribution is -2.50. The summed E-state index contributed by atoms with van der Waals surface area (Å²) in [6.45, 7) is 4.19. The van der Waals surface area contributed by atoms with E-state index in [1.165, 1.54) is 4.90 Å². The summed E-state index contributed by atoms with van der Waals surface area (Å²) in [4.78, 5) is 44.9. The van der Waals surface area contributed by atoms with Crippen molar-refractivity contribution < 1.29 is 14.4 Å². The van der Waals surface area contributed by atoms with Crippen LogP contribution in [-0.4, -0.2) is 43.4 Å². The van der Waals surface area contributed by atoms with Gasteiger partial charge in [-0.1, -0.05) is 32.1 Å². The molecular formula is C23H27N5O3. The van der Waals surface area contributed by atoms with Crippen molar-refractivity contribution in [3.63, 3.8) is 0 Å². The molecule has 31 heavy (non-hydrogen) atoms. The average molecular weight is 422 g/mol. The number of hydrogen-bond acceptors (Lipinski definition) is 5. The van der Waals surface area contributed by atoms with E-state index in [0.717, 1.165) is 5.56 Å². The zero-order valence-corrected chi connectivity index (χ0v) is 17.8. The van der Waals surface area contributed by atoms with Gasteiger partial charge in [0.1, 0.15) is 6.04 Å². The smallest absolute Gasteiger partial charge is 0.243 e. The van der Waals surface area contributed by atoms with Crippen molar-refractivity contribution in [2.75, 3.05) is 0 Å². The van der Waals surface area contributed by atoms with Crippen LogP contribution < -0.4 is 5.32 Å². The Hall–Kier alpha value is -3.29. The highest BCUT2D eigenvalue weighted by Gasteiger charge is 2.51. The number of allylic oxidation sites excluding steroid dienone is 2. The van der Waals surface area contributed by atoms with Crippen LogP contribution in [0.3, 0.4) is 0 Å². The molecular weight excluding hydrogens is 394 g/mol. The Kier molecular flexibility index (Phi) is 5.97. The van der Waals surface area contributed by atoms with Gasteiger partial charge in [-0.2, -0.15) is 5.10 Å². The third-order valence-electron chi connectivity index (χ3n) is 5.89. The van der Waals surface area contributed by atoms with Gasteiger partial charge in [0.2, 0.25) is 17.7 Å². The van der Waals surface area contributed by atoms with Crippen LogP contribution in [0.15, 0.2) is 48.9 Å². The maximum atomic E-state index is 13.2. The number of hydrogen-bond donors (Lipinski definition) is 1. The van der Waals surface area contributed by atoms with Gasteiger partial charge in [0.05, 0.1) is 11.8 Å². The van der Waals surface area contributed by atoms with E-state index in [9.17, 15) is 14.4 Å². The number of rotatable bonds is 7. The fourth-order valence-electron chi connectivity index (χ4n) is 4.38. The molecule has 1 aliphatic heterocycles. The zero-order chi connectivity index (χ0) is 22.0. The van der Waals surface area contributed by atoms with E-state index in [4.69, 9.17) is 0 Å². The lowest BCUT2D eigenvalue weighted by Gasteiger charge is -2.27. The van der Waals surface area contributed by atoms with Crippen LogP contribution in [0.1, 0.15) is 38.7 Å². The van der Waals surface area contributed by atoms with Gasteiger partial charge < -0.3 is 5.32 Å². The minimum Gasteiger partial charge on any atom is -0.350 e. The quantitative estimate of drug-likeness (QED) is 0.546. The molecule has 0 unspecified atom stereocenters. The molecule has 3 amide bonds. The maximum Gasteiger partial charge on any atom is 0.243 e. The normalized spacial score (nSPS) is 21.5. The number of carbonyl (C=O) groups excluding carboxylic acids is 3. The van der Waals surface area contributed by atoms with Crippen LogP contribution in [0.2, 0.25) is 0 Å². The predicted molar refractivity (Wildman–Crippen MR) is 114 cm³/mol. The molecule has 162 valence electrons. The predicted octanol–water partition coefficient (Wildman–Crippen LogP) is 2.25. The molecule has 0 spiro atoms. The molecule has 2 aliphatic rings. The Morgan fingerprint density at radius 2 is 1.84 bits per heavy atom. The minimum atomic E-state index is -0.810. The van der Waals surface area contributed by atoms with Gasteiger partial charge in [-0.05, 0) is 37.3 Å². The Balaban J connectivity index is 1.53. The lowest BCUT2D eigenvalue weighted by molar-refractivity contribution is -0.148. The highest BCUT2D eigenvalue weighted by Crippen LogP contribution is 2.37. The van der Waals surface area contributed by atoms with Crippen LogP contribution in [-0.2, 0) is 20.9 Å². The van der Waals surface area contributed by atoms with Crippen LogP contribution in [0, 0.1) is 17.8 Å². The van der Waals surface area contributed by atoms with Crippen molar-refractivity contribution in [2.24, 2.45) is 17.8 Å². The van der Waals surface area contributed by atoms with Crippen molar-refractivity contribution in [2.45, 2.75) is 45.7 Å². The second kappa shape index (κ2) is 8.83. The van der Waals surface area contributed by atoms with Gasteiger partial charge in [-0.15, -0.1) is 0 Å².